The number of fused-ring (bicyclic) bond motifs is 1. The summed E-state index contributed by atoms with van der Waals surface area (Å²) in [5.74, 6) is 0.608. The average Bonchev–Trinajstić information content (AvgIpc) is 3.39. The van der Waals surface area contributed by atoms with Gasteiger partial charge in [0.05, 0.1) is 5.69 Å². The number of aromatic nitrogens is 2. The summed E-state index contributed by atoms with van der Waals surface area (Å²) in [6.07, 6.45) is 3.50. The third-order valence-electron chi connectivity index (χ3n) is 7.38. The van der Waals surface area contributed by atoms with Crippen LogP contribution in [0.2, 0.25) is 0 Å². The van der Waals surface area contributed by atoms with Crippen molar-refractivity contribution in [1.29, 1.82) is 0 Å². The molecule has 172 valence electrons. The van der Waals surface area contributed by atoms with Crippen molar-refractivity contribution in [3.05, 3.63) is 41.0 Å². The van der Waals surface area contributed by atoms with E-state index >= 15 is 0 Å². The van der Waals surface area contributed by atoms with Gasteiger partial charge in [-0.15, -0.1) is 10.2 Å². The highest BCUT2D eigenvalue weighted by atomic mass is 19.1. The fourth-order valence-electron chi connectivity index (χ4n) is 5.48. The molecule has 1 N–H and O–H groups in total. The lowest BCUT2D eigenvalue weighted by molar-refractivity contribution is 0.0545. The van der Waals surface area contributed by atoms with Crippen LogP contribution in [-0.2, 0) is 4.74 Å². The molecule has 2 aliphatic heterocycles. The fourth-order valence-corrected chi connectivity index (χ4v) is 5.48. The van der Waals surface area contributed by atoms with Gasteiger partial charge in [0.25, 0.3) is 0 Å². The van der Waals surface area contributed by atoms with Crippen LogP contribution in [0.25, 0.3) is 11.3 Å². The number of ether oxygens (including phenoxy) is 1. The Morgan fingerprint density at radius 2 is 1.81 bits per heavy atom. The number of hydrogen-bond donors (Lipinski definition) is 1. The molecular formula is C25H32F2N4O. The number of nitrogens with zero attached hydrogens (tertiary/aromatic N) is 3. The molecule has 0 radical (unpaired) electrons. The smallest absolute Gasteiger partial charge is 0.152 e. The molecule has 1 saturated carbocycles. The number of likely N-dealkylation sites (tertiary alicyclic amines) is 1. The lowest BCUT2D eigenvalue weighted by Crippen LogP contribution is -2.32. The molecule has 0 bridgehead atoms. The third kappa shape index (κ3) is 4.37. The summed E-state index contributed by atoms with van der Waals surface area (Å²) < 4.78 is 50.9. The van der Waals surface area contributed by atoms with Crippen LogP contribution in [0.1, 0.15) is 39.6 Å². The Balaban J connectivity index is 1.24. The van der Waals surface area contributed by atoms with E-state index in [1.807, 2.05) is 13.8 Å². The molecule has 1 aromatic heterocycles. The van der Waals surface area contributed by atoms with Crippen molar-refractivity contribution in [2.45, 2.75) is 45.6 Å². The lowest BCUT2D eigenvalue weighted by atomic mass is 10.00. The van der Waals surface area contributed by atoms with Crippen LogP contribution in [0, 0.1) is 43.2 Å². The predicted octanol–water partition coefficient (Wildman–Crippen LogP) is 4.59. The van der Waals surface area contributed by atoms with Gasteiger partial charge in [-0.05, 0) is 86.6 Å². The molecule has 2 aromatic rings. The molecule has 3 atom stereocenters. The van der Waals surface area contributed by atoms with Crippen LogP contribution in [0.3, 0.4) is 0 Å². The highest BCUT2D eigenvalue weighted by Crippen LogP contribution is 2.40. The summed E-state index contributed by atoms with van der Waals surface area (Å²) in [5.41, 5.74) is 2.13. The molecule has 5 rings (SSSR count). The molecule has 7 heteroatoms. The largest absolute Gasteiger partial charge is 0.381 e. The van der Waals surface area contributed by atoms with E-state index in [4.69, 9.17) is 7.48 Å². The first-order valence-electron chi connectivity index (χ1n) is 12.6. The van der Waals surface area contributed by atoms with Crippen LogP contribution in [0.15, 0.2) is 18.2 Å². The predicted molar refractivity (Wildman–Crippen MR) is 120 cm³/mol. The van der Waals surface area contributed by atoms with E-state index < -0.39 is 18.1 Å². The maximum atomic E-state index is 14.3. The Bertz CT molecular complexity index is 1050. The van der Waals surface area contributed by atoms with Gasteiger partial charge >= 0.3 is 0 Å². The molecule has 1 unspecified atom stereocenters. The van der Waals surface area contributed by atoms with Crippen molar-refractivity contribution in [2.75, 3.05) is 38.1 Å². The van der Waals surface area contributed by atoms with Crippen molar-refractivity contribution >= 4 is 5.82 Å². The van der Waals surface area contributed by atoms with Gasteiger partial charge in [0.1, 0.15) is 11.6 Å². The summed E-state index contributed by atoms with van der Waals surface area (Å²) in [6.45, 7) is 5.38. The number of hydrogen-bond acceptors (Lipinski definition) is 5. The topological polar surface area (TPSA) is 50.3 Å². The van der Waals surface area contributed by atoms with Gasteiger partial charge in [-0.1, -0.05) is 0 Å². The number of nitrogens with one attached hydrogen (secondary N) is 1. The zero-order valence-electron chi connectivity index (χ0n) is 20.7. The third-order valence-corrected chi connectivity index (χ3v) is 7.38. The number of anilines is 1. The standard InChI is InChI=1S/C25H32F2N4O/c1-15-16(2)25(30-29-24(15)22-11-20(26)3-4-23(22)27)28-21-9-18-13-31(14-19(18)10-21)12-17-5-7-32-8-6-17/h3-4,11,17-19,21H,5-10,12-14H2,1-2H3,(H,28,30)/t18-,19+,21?/i12D2. The maximum Gasteiger partial charge on any atom is 0.152 e. The Labute approximate surface area is 191 Å². The normalized spacial score (nSPS) is 27.8. The zero-order valence-corrected chi connectivity index (χ0v) is 18.7. The molecular weight excluding hydrogens is 410 g/mol. The minimum atomic E-state index is -1.28. The van der Waals surface area contributed by atoms with E-state index in [9.17, 15) is 8.78 Å². The fraction of sp³-hybridized carbons (Fsp3) is 0.600. The van der Waals surface area contributed by atoms with E-state index in [1.165, 1.54) is 0 Å². The molecule has 3 heterocycles. The molecule has 1 aliphatic carbocycles. The Morgan fingerprint density at radius 1 is 1.09 bits per heavy atom. The highest BCUT2D eigenvalue weighted by Gasteiger charge is 2.41. The summed E-state index contributed by atoms with van der Waals surface area (Å²) in [5, 5.41) is 12.1. The molecule has 2 saturated heterocycles. The summed E-state index contributed by atoms with van der Waals surface area (Å²) in [6, 6.07) is 3.60. The first-order valence-corrected chi connectivity index (χ1v) is 11.6. The van der Waals surface area contributed by atoms with Crippen LogP contribution in [-0.4, -0.2) is 53.9 Å². The van der Waals surface area contributed by atoms with Crippen LogP contribution >= 0.6 is 0 Å². The summed E-state index contributed by atoms with van der Waals surface area (Å²) >= 11 is 0. The van der Waals surface area contributed by atoms with E-state index in [-0.39, 0.29) is 17.5 Å². The van der Waals surface area contributed by atoms with Crippen molar-refractivity contribution in [3.63, 3.8) is 0 Å². The average molecular weight is 445 g/mol. The number of rotatable bonds is 5. The van der Waals surface area contributed by atoms with Crippen LogP contribution < -0.4 is 5.32 Å². The van der Waals surface area contributed by atoms with Crippen molar-refractivity contribution in [2.24, 2.45) is 17.8 Å². The highest BCUT2D eigenvalue weighted by molar-refractivity contribution is 5.67. The van der Waals surface area contributed by atoms with Gasteiger partial charge in [-0.25, -0.2) is 8.78 Å². The zero-order chi connectivity index (χ0) is 24.0. The first-order chi connectivity index (χ1) is 16.2. The van der Waals surface area contributed by atoms with E-state index in [0.717, 1.165) is 68.1 Å². The van der Waals surface area contributed by atoms with E-state index in [1.54, 1.807) is 0 Å². The van der Waals surface area contributed by atoms with Gasteiger partial charge in [-0.3, -0.25) is 0 Å². The number of benzene rings is 1. The van der Waals surface area contributed by atoms with Crippen LogP contribution in [0.4, 0.5) is 14.6 Å². The monoisotopic (exact) mass is 444 g/mol. The summed E-state index contributed by atoms with van der Waals surface area (Å²) in [7, 11) is 0. The maximum absolute atomic E-state index is 14.3. The Hall–Kier alpha value is -2.12. The second-order valence-electron chi connectivity index (χ2n) is 9.52. The van der Waals surface area contributed by atoms with Gasteiger partial charge in [0.15, 0.2) is 5.82 Å². The quantitative estimate of drug-likeness (QED) is 0.731. The van der Waals surface area contributed by atoms with Crippen LogP contribution in [0.5, 0.6) is 0 Å². The van der Waals surface area contributed by atoms with Crippen molar-refractivity contribution < 1.29 is 16.3 Å². The van der Waals surface area contributed by atoms with Gasteiger partial charge < -0.3 is 15.0 Å². The minimum Gasteiger partial charge on any atom is -0.381 e. The van der Waals surface area contributed by atoms with Gasteiger partial charge in [0.2, 0.25) is 0 Å². The molecule has 3 fully saturated rings. The lowest BCUT2D eigenvalue weighted by Gasteiger charge is -2.28. The van der Waals surface area contributed by atoms with Crippen molar-refractivity contribution in [1.82, 2.24) is 15.1 Å². The second-order valence-corrected chi connectivity index (χ2v) is 9.52. The Kier molecular flexibility index (Phi) is 5.46. The first kappa shape index (κ1) is 19.4. The van der Waals surface area contributed by atoms with Gasteiger partial charge in [0, 0.05) is 47.1 Å². The van der Waals surface area contributed by atoms with Gasteiger partial charge in [-0.2, -0.15) is 0 Å². The molecule has 0 amide bonds. The van der Waals surface area contributed by atoms with E-state index in [2.05, 4.69) is 20.4 Å². The Morgan fingerprint density at radius 3 is 2.53 bits per heavy atom. The summed E-state index contributed by atoms with van der Waals surface area (Å²) in [4.78, 5) is 2.06. The molecule has 32 heavy (non-hydrogen) atoms. The second kappa shape index (κ2) is 9.02. The molecule has 1 aromatic carbocycles. The minimum absolute atomic E-state index is 0.0383. The number of halogens is 2. The molecule has 3 aliphatic rings. The van der Waals surface area contributed by atoms with Crippen molar-refractivity contribution in [3.8, 4) is 11.3 Å². The molecule has 0 spiro atoms. The SMILES string of the molecule is [2H]C([2H])(C1CCOCC1)N1C[C@H]2CC(Nc3nnc(-c4cc(F)ccc4F)c(C)c3C)C[C@H]2C1. The van der Waals surface area contributed by atoms with E-state index in [0.29, 0.717) is 36.6 Å². The molecule has 5 nitrogen and oxygen atoms in total.